The number of hydrogen-bond donors (Lipinski definition) is 0. The van der Waals surface area contributed by atoms with Crippen molar-refractivity contribution in [3.8, 4) is 0 Å². The van der Waals surface area contributed by atoms with Gasteiger partial charge in [0.15, 0.2) is 0 Å². The Labute approximate surface area is 732 Å². The minimum Gasteiger partial charge on any atom is -0.0654 e. The largest absolute Gasteiger partial charge is 0.0654 e. The molecular weight excluding hydrogens is 1460 g/mol. The first-order valence-electron chi connectivity index (χ1n) is 51.6. The van der Waals surface area contributed by atoms with Gasteiger partial charge in [-0.2, -0.15) is 0 Å². The molecule has 6 aromatic carbocycles. The van der Waals surface area contributed by atoms with Gasteiger partial charge in [0.05, 0.1) is 4.64 Å². The highest BCUT2D eigenvalue weighted by atomic mass is 31.2. The third-order valence-corrected chi connectivity index (χ3v) is 38.6. The fourth-order valence-corrected chi connectivity index (χ4v) is 34.8. The second-order valence-corrected chi connectivity index (χ2v) is 44.6. The summed E-state index contributed by atoms with van der Waals surface area (Å²) in [7, 11) is -3.81. The molecule has 117 heavy (non-hydrogen) atoms. The Balaban J connectivity index is 2.46. The molecule has 0 spiro atoms. The highest BCUT2D eigenvalue weighted by Crippen LogP contribution is 2.81. The van der Waals surface area contributed by atoms with Crippen LogP contribution >= 0.6 is 23.8 Å². The molecule has 0 unspecified atom stereocenters. The molecule has 0 fully saturated rings. The van der Waals surface area contributed by atoms with Crippen molar-refractivity contribution >= 4 is 55.6 Å². The van der Waals surface area contributed by atoms with E-state index in [-0.39, 0.29) is 4.64 Å². The third-order valence-electron chi connectivity index (χ3n) is 26.8. The SMILES string of the molecule is CCCCCC(P(c1ccc(CCCC)c(CCCC)c1CCCC)c1ccc(CCCC)c(CCCC)c1CCCC)(P(c1ccc(CCCC)c(CCCC)c1CCCC)c1ccc(CCCC)c(CCCC)c1CCCC)P(c1ccc(CCCC)c(CCCC)c1CCCC)c1ccc(CCCC)c(CCCC)c1CCCC. The highest BCUT2D eigenvalue weighted by molar-refractivity contribution is 8.05. The minimum absolute atomic E-state index is 0.291. The number of aryl methyl sites for hydroxylation is 6. The summed E-state index contributed by atoms with van der Waals surface area (Å²) in [4.78, 5) is 0. The Morgan fingerprint density at radius 3 is 0.410 bits per heavy atom. The number of rotatable bonds is 67. The van der Waals surface area contributed by atoms with E-state index < -0.39 is 23.8 Å². The Hall–Kier alpha value is -3.39. The molecule has 0 saturated heterocycles. The minimum atomic E-state index is -1.27. The third kappa shape index (κ3) is 28.8. The van der Waals surface area contributed by atoms with Crippen LogP contribution in [0.4, 0.5) is 0 Å². The van der Waals surface area contributed by atoms with Gasteiger partial charge >= 0.3 is 0 Å². The molecule has 656 valence electrons. The van der Waals surface area contributed by atoms with Gasteiger partial charge in [-0.15, -0.1) is 0 Å². The molecule has 0 bridgehead atoms. The van der Waals surface area contributed by atoms with E-state index in [0.717, 1.165) is 0 Å². The van der Waals surface area contributed by atoms with Crippen LogP contribution in [0.15, 0.2) is 72.8 Å². The fraction of sp³-hybridized carbons (Fsp3) is 0.684. The van der Waals surface area contributed by atoms with E-state index in [1.807, 2.05) is 65.2 Å². The quantitative estimate of drug-likeness (QED) is 0.0264. The molecular formula is C114H185P3. The van der Waals surface area contributed by atoms with Crippen molar-refractivity contribution in [3.63, 3.8) is 0 Å². The summed E-state index contributed by atoms with van der Waals surface area (Å²) >= 11 is 0. The zero-order valence-corrected chi connectivity index (χ0v) is 83.5. The molecule has 0 nitrogen and oxygen atoms in total. The second kappa shape index (κ2) is 59.4. The average Bonchev–Trinajstić information content (AvgIpc) is 0.692. The summed E-state index contributed by atoms with van der Waals surface area (Å²) in [6, 6.07) is 35.6. The van der Waals surface area contributed by atoms with Crippen molar-refractivity contribution in [1.29, 1.82) is 0 Å². The molecule has 0 radical (unpaired) electrons. The summed E-state index contributed by atoms with van der Waals surface area (Å²) < 4.78 is -0.291. The van der Waals surface area contributed by atoms with Gasteiger partial charge < -0.3 is 0 Å². The molecule has 0 aromatic heterocycles. The Morgan fingerprint density at radius 1 is 0.145 bits per heavy atom. The van der Waals surface area contributed by atoms with Gasteiger partial charge in [-0.25, -0.2) is 0 Å². The van der Waals surface area contributed by atoms with Gasteiger partial charge in [-0.1, -0.05) is 339 Å². The standard InChI is InChI=1S/C114H185P3/c1-20-39-58-89-114(115(108-83-77-90(59-40-21-2)96(65-46-27-8)102(108)71-52-33-14)109-84-78-91(60-41-22-3)97(66-47-28-9)103(109)72-53-34-15,116(110-85-79-92(61-42-23-4)98(67-48-29-10)104(110)73-54-35-16)111-86-80-93(62-43-24-5)99(68-49-30-11)105(111)74-55-36-17)117(112-87-81-94(63-44-25-6)100(69-50-31-12)106(112)75-56-37-18)113-88-82-95(64-45-26-7)101(70-51-32-13)107(113)76-57-38-19/h77-88H,20-76,89H2,1-19H3. The first-order chi connectivity index (χ1) is 57.4. The summed E-state index contributed by atoms with van der Waals surface area (Å²) in [6.07, 6.45) is 71.0. The highest BCUT2D eigenvalue weighted by Gasteiger charge is 2.57. The number of benzene rings is 6. The van der Waals surface area contributed by atoms with Gasteiger partial charge in [0, 0.05) is 0 Å². The van der Waals surface area contributed by atoms with Crippen molar-refractivity contribution in [2.75, 3.05) is 0 Å². The first kappa shape index (κ1) is 102. The topological polar surface area (TPSA) is 0 Å². The van der Waals surface area contributed by atoms with Crippen molar-refractivity contribution in [2.24, 2.45) is 0 Å². The molecule has 0 aliphatic heterocycles. The van der Waals surface area contributed by atoms with Gasteiger partial charge in [-0.3, -0.25) is 0 Å². The van der Waals surface area contributed by atoms with Crippen LogP contribution in [0.25, 0.3) is 0 Å². The molecule has 0 N–H and O–H groups in total. The molecule has 0 saturated carbocycles. The van der Waals surface area contributed by atoms with Crippen molar-refractivity contribution in [2.45, 2.75) is 509 Å². The van der Waals surface area contributed by atoms with Crippen LogP contribution in [0.3, 0.4) is 0 Å². The van der Waals surface area contributed by atoms with Gasteiger partial charge in [0.25, 0.3) is 0 Å². The summed E-state index contributed by atoms with van der Waals surface area (Å²) in [5.41, 5.74) is 32.0. The van der Waals surface area contributed by atoms with Crippen molar-refractivity contribution in [1.82, 2.24) is 0 Å². The zero-order chi connectivity index (χ0) is 84.6. The van der Waals surface area contributed by atoms with Crippen LogP contribution < -0.4 is 31.8 Å². The number of unbranched alkanes of at least 4 members (excludes halogenated alkanes) is 20. The van der Waals surface area contributed by atoms with E-state index in [9.17, 15) is 0 Å². The van der Waals surface area contributed by atoms with Gasteiger partial charge in [0.2, 0.25) is 0 Å². The maximum Gasteiger partial charge on any atom is 0.0546 e. The fourth-order valence-electron chi connectivity index (χ4n) is 19.8. The summed E-state index contributed by atoms with van der Waals surface area (Å²) in [5.74, 6) is 0. The van der Waals surface area contributed by atoms with Crippen LogP contribution in [0.5, 0.6) is 0 Å². The monoisotopic (exact) mass is 1650 g/mol. The number of hydrogen-bond acceptors (Lipinski definition) is 0. The van der Waals surface area contributed by atoms with E-state index in [0.29, 0.717) is 0 Å². The first-order valence-corrected chi connectivity index (χ1v) is 55.7. The molecule has 6 aromatic rings. The van der Waals surface area contributed by atoms with E-state index in [1.165, 1.54) is 372 Å². The van der Waals surface area contributed by atoms with Crippen LogP contribution in [-0.2, 0) is 116 Å². The lowest BCUT2D eigenvalue weighted by atomic mass is 9.90. The van der Waals surface area contributed by atoms with E-state index in [4.69, 9.17) is 0 Å². The molecule has 0 aliphatic rings. The predicted octanol–water partition coefficient (Wildman–Crippen LogP) is 33.8. The van der Waals surface area contributed by atoms with E-state index in [1.54, 1.807) is 66.8 Å². The van der Waals surface area contributed by atoms with Crippen molar-refractivity contribution < 1.29 is 0 Å². The van der Waals surface area contributed by atoms with Crippen LogP contribution in [0, 0.1) is 0 Å². The molecule has 6 rings (SSSR count). The zero-order valence-electron chi connectivity index (χ0n) is 80.8. The smallest absolute Gasteiger partial charge is 0.0546 e. The van der Waals surface area contributed by atoms with Crippen LogP contribution in [-0.4, -0.2) is 4.64 Å². The Kier molecular flexibility index (Phi) is 52.0. The Morgan fingerprint density at radius 2 is 0.274 bits per heavy atom. The maximum absolute atomic E-state index is 3.04. The van der Waals surface area contributed by atoms with Crippen LogP contribution in [0.1, 0.15) is 489 Å². The molecule has 0 atom stereocenters. The lowest BCUT2D eigenvalue weighted by molar-refractivity contribution is 0.679. The lowest BCUT2D eigenvalue weighted by Gasteiger charge is -2.55. The summed E-state index contributed by atoms with van der Waals surface area (Å²) in [6.45, 7) is 47.8. The van der Waals surface area contributed by atoms with Gasteiger partial charge in [0.1, 0.15) is 0 Å². The molecule has 0 aliphatic carbocycles. The second-order valence-electron chi connectivity index (χ2n) is 36.3. The lowest BCUT2D eigenvalue weighted by Crippen LogP contribution is -2.46. The average molecular weight is 1650 g/mol. The molecule has 0 amide bonds. The molecule has 0 heterocycles. The summed E-state index contributed by atoms with van der Waals surface area (Å²) in [5, 5.41) is 11.1. The Bertz CT molecular complexity index is 3090. The van der Waals surface area contributed by atoms with Gasteiger partial charge in [-0.05, 0) is 393 Å². The van der Waals surface area contributed by atoms with E-state index >= 15 is 0 Å². The van der Waals surface area contributed by atoms with Crippen LogP contribution in [0.2, 0.25) is 0 Å². The van der Waals surface area contributed by atoms with Crippen molar-refractivity contribution in [3.05, 3.63) is 173 Å². The normalized spacial score (nSPS) is 12.1. The molecule has 3 heteroatoms. The maximum atomic E-state index is 3.04. The van der Waals surface area contributed by atoms with E-state index in [2.05, 4.69) is 204 Å². The predicted molar refractivity (Wildman–Crippen MR) is 539 cm³/mol.